The third kappa shape index (κ3) is 4.34. The van der Waals surface area contributed by atoms with E-state index in [1.165, 1.54) is 11.3 Å². The van der Waals surface area contributed by atoms with Crippen LogP contribution in [0.2, 0.25) is 0 Å². The van der Waals surface area contributed by atoms with Crippen LogP contribution in [0, 0.1) is 5.92 Å². The molecule has 5 nitrogen and oxygen atoms in total. The first-order valence-corrected chi connectivity index (χ1v) is 10.3. The number of carbonyl (C=O) groups is 2. The third-order valence-corrected chi connectivity index (χ3v) is 5.69. The molecule has 5 heteroatoms. The first kappa shape index (κ1) is 19.2. The number of amides is 2. The van der Waals surface area contributed by atoms with Gasteiger partial charge in [0.2, 0.25) is 5.91 Å². The maximum atomic E-state index is 13.1. The van der Waals surface area contributed by atoms with Gasteiger partial charge in [-0.2, -0.15) is 0 Å². The summed E-state index contributed by atoms with van der Waals surface area (Å²) in [6.45, 7) is 2.16. The minimum atomic E-state index is -0.306. The molecule has 1 fully saturated rings. The van der Waals surface area contributed by atoms with Crippen molar-refractivity contribution in [1.29, 1.82) is 0 Å². The van der Waals surface area contributed by atoms with Gasteiger partial charge in [0, 0.05) is 6.04 Å². The van der Waals surface area contributed by atoms with Gasteiger partial charge in [-0.25, -0.2) is 0 Å². The summed E-state index contributed by atoms with van der Waals surface area (Å²) < 4.78 is 5.87. The van der Waals surface area contributed by atoms with Crippen LogP contribution in [0.1, 0.15) is 38.2 Å². The van der Waals surface area contributed by atoms with Gasteiger partial charge in [-0.3, -0.25) is 14.5 Å². The predicted octanol–water partition coefficient (Wildman–Crippen LogP) is 4.15. The summed E-state index contributed by atoms with van der Waals surface area (Å²) in [6.07, 6.45) is 6.20. The van der Waals surface area contributed by atoms with E-state index >= 15 is 0 Å². The zero-order valence-electron chi connectivity index (χ0n) is 16.6. The lowest BCUT2D eigenvalue weighted by atomic mass is 9.86. The van der Waals surface area contributed by atoms with Crippen LogP contribution < -0.4 is 15.0 Å². The monoisotopic (exact) mass is 390 g/mol. The molecule has 0 unspecified atom stereocenters. The molecular weight excluding hydrogens is 364 g/mol. The Bertz CT molecular complexity index is 923. The van der Waals surface area contributed by atoms with Crippen molar-refractivity contribution >= 4 is 23.6 Å². The SMILES string of the molecule is C[C@@H]1CCCC[C@H]1NC(=O)CN1C(=O)/C(=C\c2ccccc2)Oc2ccccc21. The molecular formula is C24H26N2O3. The number of para-hydroxylation sites is 2. The van der Waals surface area contributed by atoms with Crippen molar-refractivity contribution in [3.8, 4) is 5.75 Å². The quantitative estimate of drug-likeness (QED) is 0.798. The van der Waals surface area contributed by atoms with Crippen LogP contribution in [0.4, 0.5) is 5.69 Å². The zero-order chi connectivity index (χ0) is 20.2. The second-order valence-corrected chi connectivity index (χ2v) is 7.82. The fraction of sp³-hybridized carbons (Fsp3) is 0.333. The van der Waals surface area contributed by atoms with E-state index in [2.05, 4.69) is 12.2 Å². The van der Waals surface area contributed by atoms with Crippen molar-refractivity contribution in [2.24, 2.45) is 5.92 Å². The highest BCUT2D eigenvalue weighted by Crippen LogP contribution is 2.35. The molecule has 29 heavy (non-hydrogen) atoms. The number of nitrogens with zero attached hydrogens (tertiary/aromatic N) is 1. The standard InChI is InChI=1S/C24H26N2O3/c1-17-9-5-6-12-19(17)25-23(27)16-26-20-13-7-8-14-21(20)29-22(24(26)28)15-18-10-3-2-4-11-18/h2-4,7-8,10-11,13-15,17,19H,5-6,9,12,16H2,1H3,(H,25,27)/b22-15+/t17-,19-/m1/s1. The number of fused-ring (bicyclic) bond motifs is 1. The van der Waals surface area contributed by atoms with Crippen molar-refractivity contribution in [3.05, 3.63) is 65.9 Å². The second-order valence-electron chi connectivity index (χ2n) is 7.82. The van der Waals surface area contributed by atoms with Gasteiger partial charge in [-0.05, 0) is 42.5 Å². The molecule has 4 rings (SSSR count). The highest BCUT2D eigenvalue weighted by atomic mass is 16.5. The Hall–Kier alpha value is -3.08. The summed E-state index contributed by atoms with van der Waals surface area (Å²) in [5.74, 6) is 0.822. The lowest BCUT2D eigenvalue weighted by Crippen LogP contribution is -2.48. The van der Waals surface area contributed by atoms with Crippen molar-refractivity contribution < 1.29 is 14.3 Å². The molecule has 0 bridgehead atoms. The van der Waals surface area contributed by atoms with Crippen LogP contribution >= 0.6 is 0 Å². The highest BCUT2D eigenvalue weighted by Gasteiger charge is 2.32. The van der Waals surface area contributed by atoms with Crippen LogP contribution in [-0.4, -0.2) is 24.4 Å². The molecule has 1 heterocycles. The minimum absolute atomic E-state index is 0.0193. The van der Waals surface area contributed by atoms with Crippen LogP contribution in [0.5, 0.6) is 5.75 Å². The van der Waals surface area contributed by atoms with Gasteiger partial charge in [0.05, 0.1) is 5.69 Å². The molecule has 2 aromatic carbocycles. The molecule has 0 aromatic heterocycles. The summed E-state index contributed by atoms with van der Waals surface area (Å²) in [6, 6.07) is 17.1. The molecule has 1 saturated carbocycles. The van der Waals surface area contributed by atoms with Crippen LogP contribution in [-0.2, 0) is 9.59 Å². The molecule has 2 atom stereocenters. The molecule has 0 radical (unpaired) electrons. The van der Waals surface area contributed by atoms with Crippen molar-refractivity contribution in [1.82, 2.24) is 5.32 Å². The van der Waals surface area contributed by atoms with Gasteiger partial charge in [0.25, 0.3) is 5.91 Å². The smallest absolute Gasteiger partial charge is 0.294 e. The molecule has 1 N–H and O–H groups in total. The molecule has 0 spiro atoms. The van der Waals surface area contributed by atoms with E-state index in [0.717, 1.165) is 24.8 Å². The Kier molecular flexibility index (Phi) is 5.65. The number of ether oxygens (including phenoxy) is 1. The van der Waals surface area contributed by atoms with Gasteiger partial charge in [0.1, 0.15) is 6.54 Å². The molecule has 0 saturated heterocycles. The number of carbonyl (C=O) groups excluding carboxylic acids is 2. The third-order valence-electron chi connectivity index (χ3n) is 5.69. The van der Waals surface area contributed by atoms with Crippen LogP contribution in [0.15, 0.2) is 60.4 Å². The van der Waals surface area contributed by atoms with Gasteiger partial charge in [-0.1, -0.05) is 62.2 Å². The number of hydrogen-bond donors (Lipinski definition) is 1. The number of hydrogen-bond acceptors (Lipinski definition) is 3. The summed E-state index contributed by atoms with van der Waals surface area (Å²) in [4.78, 5) is 27.4. The maximum Gasteiger partial charge on any atom is 0.294 e. The van der Waals surface area contributed by atoms with Crippen molar-refractivity contribution in [2.75, 3.05) is 11.4 Å². The Morgan fingerprint density at radius 1 is 1.10 bits per heavy atom. The summed E-state index contributed by atoms with van der Waals surface area (Å²) >= 11 is 0. The zero-order valence-corrected chi connectivity index (χ0v) is 16.6. The number of anilines is 1. The van der Waals surface area contributed by atoms with E-state index < -0.39 is 0 Å². The lowest BCUT2D eigenvalue weighted by molar-refractivity contribution is -0.124. The van der Waals surface area contributed by atoms with Gasteiger partial charge < -0.3 is 10.1 Å². The first-order chi connectivity index (χ1) is 14.1. The Morgan fingerprint density at radius 3 is 2.62 bits per heavy atom. The molecule has 2 amide bonds. The normalized spacial score (nSPS) is 22.7. The van der Waals surface area contributed by atoms with Crippen molar-refractivity contribution in [2.45, 2.75) is 38.6 Å². The van der Waals surface area contributed by atoms with Gasteiger partial charge in [0.15, 0.2) is 11.5 Å². The van der Waals surface area contributed by atoms with Gasteiger partial charge in [-0.15, -0.1) is 0 Å². The summed E-state index contributed by atoms with van der Waals surface area (Å²) in [5, 5.41) is 3.14. The lowest BCUT2D eigenvalue weighted by Gasteiger charge is -2.32. The first-order valence-electron chi connectivity index (χ1n) is 10.3. The average Bonchev–Trinajstić information content (AvgIpc) is 2.73. The number of benzene rings is 2. The Balaban J connectivity index is 1.56. The van der Waals surface area contributed by atoms with E-state index in [1.807, 2.05) is 54.6 Å². The Morgan fingerprint density at radius 2 is 1.83 bits per heavy atom. The Labute approximate surface area is 171 Å². The van der Waals surface area contributed by atoms with Crippen LogP contribution in [0.25, 0.3) is 6.08 Å². The second kappa shape index (κ2) is 8.52. The average molecular weight is 390 g/mol. The fourth-order valence-electron chi connectivity index (χ4n) is 4.05. The summed E-state index contributed by atoms with van der Waals surface area (Å²) in [5.41, 5.74) is 1.49. The van der Waals surface area contributed by atoms with Crippen LogP contribution in [0.3, 0.4) is 0 Å². The molecule has 2 aliphatic rings. The molecule has 1 aliphatic heterocycles. The molecule has 2 aromatic rings. The highest BCUT2D eigenvalue weighted by molar-refractivity contribution is 6.12. The van der Waals surface area contributed by atoms with E-state index in [1.54, 1.807) is 6.08 Å². The van der Waals surface area contributed by atoms with E-state index in [9.17, 15) is 9.59 Å². The topological polar surface area (TPSA) is 58.6 Å². The van der Waals surface area contributed by atoms with E-state index in [-0.39, 0.29) is 30.2 Å². The largest absolute Gasteiger partial charge is 0.449 e. The van der Waals surface area contributed by atoms with E-state index in [0.29, 0.717) is 17.4 Å². The predicted molar refractivity (Wildman–Crippen MR) is 113 cm³/mol. The number of nitrogens with one attached hydrogen (secondary N) is 1. The molecule has 1 aliphatic carbocycles. The van der Waals surface area contributed by atoms with Crippen molar-refractivity contribution in [3.63, 3.8) is 0 Å². The molecule has 150 valence electrons. The van der Waals surface area contributed by atoms with Gasteiger partial charge >= 0.3 is 0 Å². The maximum absolute atomic E-state index is 13.1. The van der Waals surface area contributed by atoms with E-state index in [4.69, 9.17) is 4.74 Å². The minimum Gasteiger partial charge on any atom is -0.449 e. The number of rotatable bonds is 4. The summed E-state index contributed by atoms with van der Waals surface area (Å²) in [7, 11) is 0. The fourth-order valence-corrected chi connectivity index (χ4v) is 4.05.